The zero-order chi connectivity index (χ0) is 13.1. The lowest BCUT2D eigenvalue weighted by Crippen LogP contribution is -2.04. The van der Waals surface area contributed by atoms with E-state index in [-0.39, 0.29) is 11.8 Å². The van der Waals surface area contributed by atoms with Gasteiger partial charge in [0, 0.05) is 15.4 Å². The molecule has 2 aromatic rings. The zero-order valence-corrected chi connectivity index (χ0v) is 12.6. The van der Waals surface area contributed by atoms with Gasteiger partial charge in [-0.15, -0.1) is 11.3 Å². The number of hydrogen-bond acceptors (Lipinski definition) is 3. The Hall–Kier alpha value is -1.18. The minimum Gasteiger partial charge on any atom is -0.240 e. The molecule has 0 bridgehead atoms. The molecule has 0 aliphatic carbocycles. The first-order chi connectivity index (χ1) is 8.63. The fraction of sp³-hybridized carbons (Fsp3) is 0.286. The normalized spacial score (nSPS) is 12.4. The Labute approximate surface area is 119 Å². The number of thiazole rings is 1. The lowest BCUT2D eigenvalue weighted by Gasteiger charge is -2.09. The van der Waals surface area contributed by atoms with Gasteiger partial charge in [0.1, 0.15) is 5.01 Å². The second-order valence-corrected chi connectivity index (χ2v) is 6.12. The number of hydrogen-bond donors (Lipinski definition) is 0. The average Bonchev–Trinajstić information content (AvgIpc) is 2.79. The fourth-order valence-corrected chi connectivity index (χ4v) is 3.24. The molecule has 2 rings (SSSR count). The minimum atomic E-state index is -0.127. The van der Waals surface area contributed by atoms with Crippen LogP contribution in [0.5, 0.6) is 0 Å². The van der Waals surface area contributed by atoms with Crippen LogP contribution in [0.25, 0.3) is 10.6 Å². The van der Waals surface area contributed by atoms with Crippen molar-refractivity contribution in [1.82, 2.24) is 4.98 Å². The zero-order valence-electron chi connectivity index (χ0n) is 10.2. The first kappa shape index (κ1) is 13.3. The molecule has 4 heteroatoms. The van der Waals surface area contributed by atoms with E-state index in [2.05, 4.69) is 27.0 Å². The summed E-state index contributed by atoms with van der Waals surface area (Å²) in [4.78, 5) is 4.60. The molecule has 0 aliphatic heterocycles. The molecule has 18 heavy (non-hydrogen) atoms. The molecule has 1 atom stereocenters. The molecule has 1 aromatic carbocycles. The highest BCUT2D eigenvalue weighted by atomic mass is 79.9. The van der Waals surface area contributed by atoms with Crippen molar-refractivity contribution in [2.45, 2.75) is 19.8 Å². The van der Waals surface area contributed by atoms with Gasteiger partial charge in [-0.25, -0.2) is 4.98 Å². The van der Waals surface area contributed by atoms with Crippen LogP contribution in [0.4, 0.5) is 0 Å². The molecule has 0 saturated carbocycles. The SMILES string of the molecule is CC(C)C(C#N)c1csc(-c2ccccc2Br)n1. The highest BCUT2D eigenvalue weighted by Gasteiger charge is 2.19. The Morgan fingerprint density at radius 3 is 2.67 bits per heavy atom. The topological polar surface area (TPSA) is 36.7 Å². The molecule has 1 unspecified atom stereocenters. The summed E-state index contributed by atoms with van der Waals surface area (Å²) in [6.45, 7) is 4.09. The highest BCUT2D eigenvalue weighted by Crippen LogP contribution is 2.33. The molecule has 0 saturated heterocycles. The predicted molar refractivity (Wildman–Crippen MR) is 78.4 cm³/mol. The van der Waals surface area contributed by atoms with Gasteiger partial charge in [-0.1, -0.05) is 48.0 Å². The van der Waals surface area contributed by atoms with E-state index in [0.29, 0.717) is 0 Å². The van der Waals surface area contributed by atoms with E-state index in [9.17, 15) is 5.26 Å². The van der Waals surface area contributed by atoms with E-state index in [1.165, 1.54) is 0 Å². The first-order valence-corrected chi connectivity index (χ1v) is 7.40. The second kappa shape index (κ2) is 5.64. The molecule has 0 aliphatic rings. The van der Waals surface area contributed by atoms with E-state index in [1.807, 2.05) is 43.5 Å². The number of benzene rings is 1. The third-order valence-corrected chi connectivity index (χ3v) is 4.34. The molecular weight excluding hydrogens is 308 g/mol. The van der Waals surface area contributed by atoms with Crippen LogP contribution in [0.1, 0.15) is 25.5 Å². The van der Waals surface area contributed by atoms with Crippen molar-refractivity contribution in [3.63, 3.8) is 0 Å². The van der Waals surface area contributed by atoms with Gasteiger partial charge in [0.05, 0.1) is 17.7 Å². The van der Waals surface area contributed by atoms with Gasteiger partial charge >= 0.3 is 0 Å². The summed E-state index contributed by atoms with van der Waals surface area (Å²) in [5.41, 5.74) is 1.96. The number of nitrogens with zero attached hydrogens (tertiary/aromatic N) is 2. The van der Waals surface area contributed by atoms with Crippen LogP contribution in [0.15, 0.2) is 34.1 Å². The first-order valence-electron chi connectivity index (χ1n) is 5.73. The van der Waals surface area contributed by atoms with Crippen molar-refractivity contribution in [2.24, 2.45) is 5.92 Å². The molecule has 1 aromatic heterocycles. The van der Waals surface area contributed by atoms with Gasteiger partial charge in [-0.2, -0.15) is 5.26 Å². The summed E-state index contributed by atoms with van der Waals surface area (Å²) in [5, 5.41) is 12.1. The van der Waals surface area contributed by atoms with Crippen LogP contribution in [-0.4, -0.2) is 4.98 Å². The monoisotopic (exact) mass is 320 g/mol. The van der Waals surface area contributed by atoms with Crippen molar-refractivity contribution >= 4 is 27.3 Å². The minimum absolute atomic E-state index is 0.127. The van der Waals surface area contributed by atoms with E-state index in [0.717, 1.165) is 20.7 Å². The summed E-state index contributed by atoms with van der Waals surface area (Å²) < 4.78 is 1.03. The van der Waals surface area contributed by atoms with Crippen molar-refractivity contribution in [1.29, 1.82) is 5.26 Å². The maximum Gasteiger partial charge on any atom is 0.124 e. The molecule has 0 radical (unpaired) electrons. The van der Waals surface area contributed by atoms with Crippen molar-refractivity contribution < 1.29 is 0 Å². The van der Waals surface area contributed by atoms with Crippen LogP contribution in [0.3, 0.4) is 0 Å². The number of nitriles is 1. The Bertz CT molecular complexity index is 583. The lowest BCUT2D eigenvalue weighted by atomic mass is 9.95. The predicted octanol–water partition coefficient (Wildman–Crippen LogP) is 4.84. The summed E-state index contributed by atoms with van der Waals surface area (Å²) >= 11 is 5.11. The number of aromatic nitrogens is 1. The van der Waals surface area contributed by atoms with Crippen molar-refractivity contribution in [3.05, 3.63) is 39.8 Å². The third-order valence-electron chi connectivity index (χ3n) is 2.75. The lowest BCUT2D eigenvalue weighted by molar-refractivity contribution is 0.578. The maximum atomic E-state index is 9.19. The largest absolute Gasteiger partial charge is 0.240 e. The van der Waals surface area contributed by atoms with E-state index < -0.39 is 0 Å². The molecule has 0 spiro atoms. The molecule has 0 N–H and O–H groups in total. The molecule has 0 fully saturated rings. The Kier molecular flexibility index (Phi) is 4.15. The summed E-state index contributed by atoms with van der Waals surface area (Å²) in [7, 11) is 0. The quantitative estimate of drug-likeness (QED) is 0.811. The number of rotatable bonds is 3. The van der Waals surface area contributed by atoms with Crippen molar-refractivity contribution in [3.8, 4) is 16.6 Å². The van der Waals surface area contributed by atoms with E-state index in [1.54, 1.807) is 11.3 Å². The molecule has 2 nitrogen and oxygen atoms in total. The second-order valence-electron chi connectivity index (χ2n) is 4.41. The van der Waals surface area contributed by atoms with E-state index >= 15 is 0 Å². The molecule has 1 heterocycles. The fourth-order valence-electron chi connectivity index (χ4n) is 1.74. The smallest absolute Gasteiger partial charge is 0.124 e. The van der Waals surface area contributed by atoms with Crippen LogP contribution < -0.4 is 0 Å². The van der Waals surface area contributed by atoms with Gasteiger partial charge in [-0.3, -0.25) is 0 Å². The van der Waals surface area contributed by atoms with Crippen LogP contribution in [-0.2, 0) is 0 Å². The Morgan fingerprint density at radius 1 is 1.33 bits per heavy atom. The standard InChI is InChI=1S/C14H13BrN2S/c1-9(2)11(7-16)13-8-18-14(17-13)10-5-3-4-6-12(10)15/h3-6,8-9,11H,1-2H3. The van der Waals surface area contributed by atoms with Gasteiger partial charge < -0.3 is 0 Å². The van der Waals surface area contributed by atoms with Gasteiger partial charge in [-0.05, 0) is 12.0 Å². The molecular formula is C14H13BrN2S. The summed E-state index contributed by atoms with van der Waals surface area (Å²) in [6, 6.07) is 10.3. The maximum absolute atomic E-state index is 9.19. The van der Waals surface area contributed by atoms with Crippen LogP contribution in [0.2, 0.25) is 0 Å². The molecule has 0 amide bonds. The van der Waals surface area contributed by atoms with Gasteiger partial charge in [0.2, 0.25) is 0 Å². The van der Waals surface area contributed by atoms with Crippen molar-refractivity contribution in [2.75, 3.05) is 0 Å². The van der Waals surface area contributed by atoms with Gasteiger partial charge in [0.15, 0.2) is 0 Å². The number of halogens is 1. The third kappa shape index (κ3) is 2.63. The Balaban J connectivity index is 2.37. The summed E-state index contributed by atoms with van der Waals surface area (Å²) in [5.74, 6) is 0.154. The average molecular weight is 321 g/mol. The highest BCUT2D eigenvalue weighted by molar-refractivity contribution is 9.10. The van der Waals surface area contributed by atoms with E-state index in [4.69, 9.17) is 0 Å². The Morgan fingerprint density at radius 2 is 2.06 bits per heavy atom. The van der Waals surface area contributed by atoms with Crippen LogP contribution in [0, 0.1) is 17.2 Å². The van der Waals surface area contributed by atoms with Crippen LogP contribution >= 0.6 is 27.3 Å². The van der Waals surface area contributed by atoms with Gasteiger partial charge in [0.25, 0.3) is 0 Å². The molecule has 92 valence electrons. The summed E-state index contributed by atoms with van der Waals surface area (Å²) in [6.07, 6.45) is 0.